The maximum absolute atomic E-state index is 12.3. The number of methoxy groups -OCH3 is 1. The summed E-state index contributed by atoms with van der Waals surface area (Å²) in [6, 6.07) is 11.5. The minimum Gasteiger partial charge on any atom is -0.497 e. The van der Waals surface area contributed by atoms with Gasteiger partial charge in [0.2, 0.25) is 5.78 Å². The fourth-order valence-electron chi connectivity index (χ4n) is 2.02. The van der Waals surface area contributed by atoms with Crippen LogP contribution in [0.2, 0.25) is 0 Å². The van der Waals surface area contributed by atoms with Crippen LogP contribution in [0.5, 0.6) is 5.75 Å². The Hall–Kier alpha value is -3.22. The van der Waals surface area contributed by atoms with Crippen molar-refractivity contribution in [2.75, 3.05) is 7.11 Å². The highest BCUT2D eigenvalue weighted by Crippen LogP contribution is 2.17. The van der Waals surface area contributed by atoms with Crippen molar-refractivity contribution in [2.45, 2.75) is 13.0 Å². The molecule has 0 fully saturated rings. The van der Waals surface area contributed by atoms with Gasteiger partial charge in [0.1, 0.15) is 5.75 Å². The highest BCUT2D eigenvalue weighted by Gasteiger charge is 2.21. The van der Waals surface area contributed by atoms with Gasteiger partial charge in [0.25, 0.3) is 5.69 Å². The number of benzene rings is 2. The zero-order valence-corrected chi connectivity index (χ0v) is 13.1. The first-order valence-electron chi connectivity index (χ1n) is 7.06. The molecule has 7 heteroatoms. The molecule has 0 aromatic heterocycles. The number of nitro benzene ring substituents is 1. The van der Waals surface area contributed by atoms with E-state index in [-0.39, 0.29) is 17.0 Å². The van der Waals surface area contributed by atoms with Crippen LogP contribution in [0, 0.1) is 10.1 Å². The van der Waals surface area contributed by atoms with Gasteiger partial charge in [-0.1, -0.05) is 6.07 Å². The molecule has 2 aromatic rings. The fourth-order valence-corrected chi connectivity index (χ4v) is 2.02. The smallest absolute Gasteiger partial charge is 0.339 e. The molecule has 0 spiro atoms. The molecule has 0 aliphatic carbocycles. The van der Waals surface area contributed by atoms with Crippen molar-refractivity contribution in [2.24, 2.45) is 0 Å². The van der Waals surface area contributed by atoms with Gasteiger partial charge in [-0.25, -0.2) is 4.79 Å². The quantitative estimate of drug-likeness (QED) is 0.350. The van der Waals surface area contributed by atoms with E-state index in [0.717, 1.165) is 6.07 Å². The number of ether oxygens (including phenoxy) is 2. The second kappa shape index (κ2) is 7.36. The predicted octanol–water partition coefficient (Wildman–Crippen LogP) is 3.03. The van der Waals surface area contributed by atoms with Crippen molar-refractivity contribution in [3.63, 3.8) is 0 Å². The Morgan fingerprint density at radius 2 is 1.75 bits per heavy atom. The Kier molecular flexibility index (Phi) is 5.26. The van der Waals surface area contributed by atoms with Crippen LogP contribution in [-0.2, 0) is 4.74 Å². The predicted molar refractivity (Wildman–Crippen MR) is 85.3 cm³/mol. The van der Waals surface area contributed by atoms with E-state index in [1.54, 1.807) is 24.3 Å². The lowest BCUT2D eigenvalue weighted by molar-refractivity contribution is -0.384. The normalized spacial score (nSPS) is 11.4. The van der Waals surface area contributed by atoms with Gasteiger partial charge in [-0.15, -0.1) is 0 Å². The average Bonchev–Trinajstić information content (AvgIpc) is 2.61. The summed E-state index contributed by atoms with van der Waals surface area (Å²) in [6.07, 6.45) is -1.02. The number of Topliss-reactive ketones (excluding diaryl/α,β-unsaturated/α-hetero) is 1. The highest BCUT2D eigenvalue weighted by atomic mass is 16.6. The Labute approximate surface area is 138 Å². The second-order valence-corrected chi connectivity index (χ2v) is 4.95. The number of carbonyl (C=O) groups excluding carboxylic acids is 2. The van der Waals surface area contributed by atoms with Gasteiger partial charge < -0.3 is 9.47 Å². The summed E-state index contributed by atoms with van der Waals surface area (Å²) in [6.45, 7) is 1.45. The standard InChI is InChI=1S/C17H15NO6/c1-11(16(19)12-6-8-15(23-2)9-7-12)24-17(20)13-4-3-5-14(10-13)18(21)22/h3-11H,1-2H3/t11-/m1/s1. The van der Waals surface area contributed by atoms with Gasteiger partial charge in [0.05, 0.1) is 17.6 Å². The fraction of sp³-hybridized carbons (Fsp3) is 0.176. The number of esters is 1. The first-order valence-corrected chi connectivity index (χ1v) is 7.06. The summed E-state index contributed by atoms with van der Waals surface area (Å²) in [4.78, 5) is 34.4. The van der Waals surface area contributed by atoms with Crippen molar-refractivity contribution >= 4 is 17.4 Å². The molecule has 24 heavy (non-hydrogen) atoms. The van der Waals surface area contributed by atoms with E-state index in [4.69, 9.17) is 9.47 Å². The summed E-state index contributed by atoms with van der Waals surface area (Å²) in [5.74, 6) is -0.572. The third-order valence-corrected chi connectivity index (χ3v) is 3.32. The molecule has 7 nitrogen and oxygen atoms in total. The maximum atomic E-state index is 12.3. The number of nitro groups is 1. The molecule has 0 saturated heterocycles. The molecule has 0 saturated carbocycles. The van der Waals surface area contributed by atoms with Gasteiger partial charge in [0.15, 0.2) is 6.10 Å². The molecular weight excluding hydrogens is 314 g/mol. The summed E-state index contributed by atoms with van der Waals surface area (Å²) in [5, 5.41) is 10.7. The molecule has 124 valence electrons. The summed E-state index contributed by atoms with van der Waals surface area (Å²) >= 11 is 0. The molecule has 0 aliphatic rings. The van der Waals surface area contributed by atoms with Crippen molar-refractivity contribution in [3.05, 3.63) is 69.8 Å². The molecule has 0 radical (unpaired) electrons. The number of nitrogens with zero attached hydrogens (tertiary/aromatic N) is 1. The van der Waals surface area contributed by atoms with E-state index in [1.165, 1.54) is 32.2 Å². The van der Waals surface area contributed by atoms with Gasteiger partial charge in [-0.05, 0) is 37.3 Å². The van der Waals surface area contributed by atoms with Gasteiger partial charge in [-0.2, -0.15) is 0 Å². The van der Waals surface area contributed by atoms with E-state index in [9.17, 15) is 19.7 Å². The lowest BCUT2D eigenvalue weighted by atomic mass is 10.1. The molecule has 1 atom stereocenters. The Balaban J connectivity index is 2.08. The van der Waals surface area contributed by atoms with Crippen LogP contribution < -0.4 is 4.74 Å². The van der Waals surface area contributed by atoms with Crippen molar-refractivity contribution < 1.29 is 24.0 Å². The van der Waals surface area contributed by atoms with Crippen LogP contribution in [0.15, 0.2) is 48.5 Å². The monoisotopic (exact) mass is 329 g/mol. The SMILES string of the molecule is COc1ccc(C(=O)[C@@H](C)OC(=O)c2cccc([N+](=O)[O-])c2)cc1. The van der Waals surface area contributed by atoms with Gasteiger partial charge in [0, 0.05) is 17.7 Å². The minimum absolute atomic E-state index is 0.0126. The van der Waals surface area contributed by atoms with Crippen LogP contribution in [0.25, 0.3) is 0 Å². The summed E-state index contributed by atoms with van der Waals surface area (Å²) < 4.78 is 10.1. The van der Waals surface area contributed by atoms with Crippen LogP contribution in [0.1, 0.15) is 27.6 Å². The van der Waals surface area contributed by atoms with E-state index in [1.807, 2.05) is 0 Å². The van der Waals surface area contributed by atoms with Crippen molar-refractivity contribution in [3.8, 4) is 5.75 Å². The third kappa shape index (κ3) is 3.95. The van der Waals surface area contributed by atoms with Crippen molar-refractivity contribution in [1.29, 1.82) is 0 Å². The molecule has 0 aliphatic heterocycles. The summed E-state index contributed by atoms with van der Waals surface area (Å²) in [7, 11) is 1.51. The largest absolute Gasteiger partial charge is 0.497 e. The van der Waals surface area contributed by atoms with Gasteiger partial charge in [-0.3, -0.25) is 14.9 Å². The first-order chi connectivity index (χ1) is 11.4. The molecule has 0 bridgehead atoms. The maximum Gasteiger partial charge on any atom is 0.339 e. The number of rotatable bonds is 6. The number of ketones is 1. The molecule has 0 N–H and O–H groups in total. The number of non-ortho nitro benzene ring substituents is 1. The minimum atomic E-state index is -1.02. The van der Waals surface area contributed by atoms with Crippen LogP contribution in [0.3, 0.4) is 0 Å². The second-order valence-electron chi connectivity index (χ2n) is 4.95. The first kappa shape index (κ1) is 17.1. The summed E-state index contributed by atoms with van der Waals surface area (Å²) in [5.41, 5.74) is 0.160. The van der Waals surface area contributed by atoms with E-state index >= 15 is 0 Å². The molecule has 2 rings (SSSR count). The van der Waals surface area contributed by atoms with Crippen molar-refractivity contribution in [1.82, 2.24) is 0 Å². The van der Waals surface area contributed by atoms with Crippen LogP contribution >= 0.6 is 0 Å². The van der Waals surface area contributed by atoms with Crippen LogP contribution in [0.4, 0.5) is 5.69 Å². The highest BCUT2D eigenvalue weighted by molar-refractivity contribution is 6.01. The Bertz CT molecular complexity index is 769. The lowest BCUT2D eigenvalue weighted by Gasteiger charge is -2.12. The zero-order chi connectivity index (χ0) is 17.7. The number of hydrogen-bond acceptors (Lipinski definition) is 6. The molecule has 0 unspecified atom stereocenters. The zero-order valence-electron chi connectivity index (χ0n) is 13.1. The van der Waals surface area contributed by atoms with E-state index in [0.29, 0.717) is 11.3 Å². The van der Waals surface area contributed by atoms with E-state index < -0.39 is 17.0 Å². The molecule has 0 heterocycles. The topological polar surface area (TPSA) is 95.7 Å². The lowest BCUT2D eigenvalue weighted by Crippen LogP contribution is -2.24. The molecule has 0 amide bonds. The number of hydrogen-bond donors (Lipinski definition) is 0. The Morgan fingerprint density at radius 3 is 2.33 bits per heavy atom. The third-order valence-electron chi connectivity index (χ3n) is 3.32. The molecular formula is C17H15NO6. The number of carbonyl (C=O) groups is 2. The molecule has 2 aromatic carbocycles. The van der Waals surface area contributed by atoms with Gasteiger partial charge >= 0.3 is 5.97 Å². The van der Waals surface area contributed by atoms with E-state index in [2.05, 4.69) is 0 Å². The Morgan fingerprint density at radius 1 is 1.08 bits per heavy atom. The van der Waals surface area contributed by atoms with Crippen LogP contribution in [-0.4, -0.2) is 29.9 Å². The average molecular weight is 329 g/mol.